The zero-order valence-corrected chi connectivity index (χ0v) is 17.1. The molecule has 2 heterocycles. The molecule has 0 bridgehead atoms. The highest BCUT2D eigenvalue weighted by molar-refractivity contribution is 7.13. The maximum atomic E-state index is 12.8. The third-order valence-electron chi connectivity index (χ3n) is 5.30. The van der Waals surface area contributed by atoms with Gasteiger partial charge in [0, 0.05) is 23.4 Å². The first-order chi connectivity index (χ1) is 12.7. The molecule has 1 atom stereocenters. The largest absolute Gasteiger partial charge is 0.369 e. The standard InChI is InChI=1S/C22H28N2O2S/c1-21(2,3)20(26)24-11-6-10-22(15-24,19(23)25)14-16-7-4-8-17(13-16)18-9-5-12-27-18/h4-5,7-9,12-13H,6,10-11,14-15H2,1-3H3,(H2,23,25). The highest BCUT2D eigenvalue weighted by Gasteiger charge is 2.43. The molecular weight excluding hydrogens is 356 g/mol. The topological polar surface area (TPSA) is 63.4 Å². The number of thiophene rings is 1. The van der Waals surface area contributed by atoms with E-state index in [-0.39, 0.29) is 11.8 Å². The summed E-state index contributed by atoms with van der Waals surface area (Å²) in [7, 11) is 0. The Morgan fingerprint density at radius 3 is 2.63 bits per heavy atom. The van der Waals surface area contributed by atoms with Crippen molar-refractivity contribution in [3.8, 4) is 10.4 Å². The molecule has 27 heavy (non-hydrogen) atoms. The lowest BCUT2D eigenvalue weighted by atomic mass is 9.73. The van der Waals surface area contributed by atoms with E-state index in [1.807, 2.05) is 43.9 Å². The van der Waals surface area contributed by atoms with E-state index >= 15 is 0 Å². The number of piperidine rings is 1. The number of carbonyl (C=O) groups is 2. The fourth-order valence-electron chi connectivity index (χ4n) is 3.88. The number of carbonyl (C=O) groups excluding carboxylic acids is 2. The van der Waals surface area contributed by atoms with Gasteiger partial charge in [-0.05, 0) is 41.8 Å². The molecule has 0 saturated carbocycles. The van der Waals surface area contributed by atoms with Gasteiger partial charge in [0.2, 0.25) is 11.8 Å². The molecule has 0 spiro atoms. The lowest BCUT2D eigenvalue weighted by molar-refractivity contribution is -0.146. The molecule has 2 amide bonds. The van der Waals surface area contributed by atoms with Crippen molar-refractivity contribution in [1.82, 2.24) is 4.90 Å². The Balaban J connectivity index is 1.86. The molecule has 2 aromatic rings. The maximum Gasteiger partial charge on any atom is 0.227 e. The van der Waals surface area contributed by atoms with Crippen molar-refractivity contribution in [2.75, 3.05) is 13.1 Å². The van der Waals surface area contributed by atoms with Crippen LogP contribution in [-0.4, -0.2) is 29.8 Å². The average molecular weight is 385 g/mol. The number of likely N-dealkylation sites (tertiary alicyclic amines) is 1. The number of rotatable bonds is 4. The van der Waals surface area contributed by atoms with Crippen LogP contribution >= 0.6 is 11.3 Å². The minimum absolute atomic E-state index is 0.0835. The fourth-order valence-corrected chi connectivity index (χ4v) is 4.60. The second kappa shape index (κ2) is 7.47. The number of amides is 2. The van der Waals surface area contributed by atoms with Gasteiger partial charge < -0.3 is 10.6 Å². The summed E-state index contributed by atoms with van der Waals surface area (Å²) in [6.45, 7) is 6.85. The molecule has 144 valence electrons. The molecule has 1 aromatic carbocycles. The molecule has 1 fully saturated rings. The Kier molecular flexibility index (Phi) is 5.43. The van der Waals surface area contributed by atoms with Gasteiger partial charge in [-0.1, -0.05) is 51.1 Å². The average Bonchev–Trinajstić information content (AvgIpc) is 3.15. The lowest BCUT2D eigenvalue weighted by Crippen LogP contribution is -2.55. The smallest absolute Gasteiger partial charge is 0.227 e. The molecule has 5 heteroatoms. The molecule has 0 radical (unpaired) electrons. The molecule has 0 aliphatic carbocycles. The van der Waals surface area contributed by atoms with Gasteiger partial charge in [0.15, 0.2) is 0 Å². The Morgan fingerprint density at radius 2 is 2.00 bits per heavy atom. The highest BCUT2D eigenvalue weighted by Crippen LogP contribution is 2.36. The second-order valence-corrected chi connectivity index (χ2v) is 9.53. The van der Waals surface area contributed by atoms with Gasteiger partial charge >= 0.3 is 0 Å². The van der Waals surface area contributed by atoms with E-state index < -0.39 is 10.8 Å². The number of benzene rings is 1. The molecule has 1 saturated heterocycles. The van der Waals surface area contributed by atoms with E-state index in [4.69, 9.17) is 5.73 Å². The van der Waals surface area contributed by atoms with E-state index in [1.165, 1.54) is 4.88 Å². The van der Waals surface area contributed by atoms with Crippen molar-refractivity contribution in [3.63, 3.8) is 0 Å². The van der Waals surface area contributed by atoms with Crippen LogP contribution in [0.1, 0.15) is 39.2 Å². The normalized spacial score (nSPS) is 20.5. The van der Waals surface area contributed by atoms with E-state index in [0.29, 0.717) is 19.5 Å². The summed E-state index contributed by atoms with van der Waals surface area (Å²) in [5.74, 6) is -0.226. The molecule has 1 aliphatic heterocycles. The zero-order chi connectivity index (χ0) is 19.7. The van der Waals surface area contributed by atoms with Crippen molar-refractivity contribution < 1.29 is 9.59 Å². The second-order valence-electron chi connectivity index (χ2n) is 8.58. The van der Waals surface area contributed by atoms with Crippen molar-refractivity contribution in [3.05, 3.63) is 47.3 Å². The lowest BCUT2D eigenvalue weighted by Gasteiger charge is -2.43. The van der Waals surface area contributed by atoms with Crippen molar-refractivity contribution >= 4 is 23.2 Å². The molecule has 1 aromatic heterocycles. The van der Waals surface area contributed by atoms with Crippen LogP contribution in [0.3, 0.4) is 0 Å². The van der Waals surface area contributed by atoms with Gasteiger partial charge in [0.25, 0.3) is 0 Å². The van der Waals surface area contributed by atoms with Gasteiger partial charge in [-0.2, -0.15) is 0 Å². The molecule has 3 rings (SSSR count). The van der Waals surface area contributed by atoms with Crippen LogP contribution < -0.4 is 5.73 Å². The van der Waals surface area contributed by atoms with Gasteiger partial charge in [-0.25, -0.2) is 0 Å². The Hall–Kier alpha value is -2.14. The van der Waals surface area contributed by atoms with E-state index in [2.05, 4.69) is 23.6 Å². The summed E-state index contributed by atoms with van der Waals surface area (Å²) in [5.41, 5.74) is 6.96. The number of primary amides is 1. The molecule has 2 N–H and O–H groups in total. The van der Waals surface area contributed by atoms with Crippen LogP contribution in [0.2, 0.25) is 0 Å². The number of nitrogens with zero attached hydrogens (tertiary/aromatic N) is 1. The quantitative estimate of drug-likeness (QED) is 0.863. The number of hydrogen-bond acceptors (Lipinski definition) is 3. The predicted molar refractivity (Wildman–Crippen MR) is 110 cm³/mol. The third kappa shape index (κ3) is 4.24. The molecular formula is C22H28N2O2S. The predicted octanol–water partition coefficient (Wildman–Crippen LogP) is 4.10. The summed E-state index contributed by atoms with van der Waals surface area (Å²) in [6.07, 6.45) is 2.09. The van der Waals surface area contributed by atoms with Crippen LogP contribution in [-0.2, 0) is 16.0 Å². The summed E-state index contributed by atoms with van der Waals surface area (Å²) in [6, 6.07) is 12.4. The first-order valence-corrected chi connectivity index (χ1v) is 10.3. The van der Waals surface area contributed by atoms with Crippen LogP contribution in [0.15, 0.2) is 41.8 Å². The van der Waals surface area contributed by atoms with Crippen molar-refractivity contribution in [1.29, 1.82) is 0 Å². The van der Waals surface area contributed by atoms with Gasteiger partial charge in [0.05, 0.1) is 5.41 Å². The van der Waals surface area contributed by atoms with Gasteiger partial charge in [-0.3, -0.25) is 9.59 Å². The summed E-state index contributed by atoms with van der Waals surface area (Å²) in [5, 5.41) is 2.06. The molecule has 4 nitrogen and oxygen atoms in total. The minimum Gasteiger partial charge on any atom is -0.369 e. The molecule has 1 aliphatic rings. The summed E-state index contributed by atoms with van der Waals surface area (Å²) in [4.78, 5) is 28.3. The Bertz CT molecular complexity index is 823. The van der Waals surface area contributed by atoms with Crippen LogP contribution in [0.5, 0.6) is 0 Å². The number of nitrogens with two attached hydrogens (primary N) is 1. The van der Waals surface area contributed by atoms with Crippen LogP contribution in [0, 0.1) is 10.8 Å². The Morgan fingerprint density at radius 1 is 1.22 bits per heavy atom. The van der Waals surface area contributed by atoms with Gasteiger partial charge in [0.1, 0.15) is 0 Å². The van der Waals surface area contributed by atoms with E-state index in [0.717, 1.165) is 24.0 Å². The summed E-state index contributed by atoms with van der Waals surface area (Å²) < 4.78 is 0. The number of hydrogen-bond donors (Lipinski definition) is 1. The van der Waals surface area contributed by atoms with Crippen LogP contribution in [0.4, 0.5) is 0 Å². The third-order valence-corrected chi connectivity index (χ3v) is 6.22. The Labute approximate surface area is 165 Å². The monoisotopic (exact) mass is 384 g/mol. The van der Waals surface area contributed by atoms with E-state index in [1.54, 1.807) is 11.3 Å². The summed E-state index contributed by atoms with van der Waals surface area (Å²) >= 11 is 1.70. The zero-order valence-electron chi connectivity index (χ0n) is 16.3. The first-order valence-electron chi connectivity index (χ1n) is 9.43. The van der Waals surface area contributed by atoms with Crippen LogP contribution in [0.25, 0.3) is 10.4 Å². The maximum absolute atomic E-state index is 12.8. The van der Waals surface area contributed by atoms with E-state index in [9.17, 15) is 9.59 Å². The van der Waals surface area contributed by atoms with Crippen molar-refractivity contribution in [2.45, 2.75) is 40.0 Å². The van der Waals surface area contributed by atoms with Crippen molar-refractivity contribution in [2.24, 2.45) is 16.6 Å². The highest BCUT2D eigenvalue weighted by atomic mass is 32.1. The van der Waals surface area contributed by atoms with Gasteiger partial charge in [-0.15, -0.1) is 11.3 Å². The molecule has 1 unspecified atom stereocenters. The minimum atomic E-state index is -0.701. The SMILES string of the molecule is CC(C)(C)C(=O)N1CCCC(Cc2cccc(-c3cccs3)c2)(C(N)=O)C1. The fraction of sp³-hybridized carbons (Fsp3) is 0.455. The first kappa shape index (κ1) is 19.6.